The van der Waals surface area contributed by atoms with Crippen LogP contribution in [0.5, 0.6) is 0 Å². The number of rotatable bonds is 2. The average molecular weight is 184 g/mol. The Hall–Kier alpha value is -0.570. The normalized spacial score (nSPS) is 31.2. The highest BCUT2D eigenvalue weighted by Crippen LogP contribution is 2.48. The van der Waals surface area contributed by atoms with Gasteiger partial charge in [-0.3, -0.25) is 4.79 Å². The fourth-order valence-electron chi connectivity index (χ4n) is 2.34. The van der Waals surface area contributed by atoms with Gasteiger partial charge in [0.25, 0.3) is 0 Å². The minimum atomic E-state index is -0.741. The molecule has 1 spiro atoms. The van der Waals surface area contributed by atoms with Crippen LogP contribution in [0, 0.1) is 5.41 Å². The second kappa shape index (κ2) is 3.29. The third-order valence-electron chi connectivity index (χ3n) is 3.44. The maximum absolute atomic E-state index is 10.4. The summed E-state index contributed by atoms with van der Waals surface area (Å²) < 4.78 is 5.57. The van der Waals surface area contributed by atoms with Gasteiger partial charge in [0.15, 0.2) is 0 Å². The summed E-state index contributed by atoms with van der Waals surface area (Å²) in [4.78, 5) is 10.4. The van der Waals surface area contributed by atoms with Crippen molar-refractivity contribution in [2.24, 2.45) is 5.41 Å². The van der Waals surface area contributed by atoms with Crippen LogP contribution in [0.1, 0.15) is 38.5 Å². The van der Waals surface area contributed by atoms with Gasteiger partial charge in [0.1, 0.15) is 0 Å². The Kier molecular flexibility index (Phi) is 2.28. The first-order chi connectivity index (χ1) is 6.20. The van der Waals surface area contributed by atoms with Crippen LogP contribution in [0.3, 0.4) is 0 Å². The maximum Gasteiger partial charge on any atom is 0.305 e. The first-order valence-electron chi connectivity index (χ1n) is 5.04. The van der Waals surface area contributed by atoms with Crippen molar-refractivity contribution >= 4 is 5.97 Å². The van der Waals surface area contributed by atoms with Crippen molar-refractivity contribution in [1.82, 2.24) is 0 Å². The Bertz CT molecular complexity index is 198. The molecule has 2 fully saturated rings. The topological polar surface area (TPSA) is 46.5 Å². The quantitative estimate of drug-likeness (QED) is 0.712. The van der Waals surface area contributed by atoms with Crippen LogP contribution < -0.4 is 0 Å². The van der Waals surface area contributed by atoms with E-state index in [1.165, 1.54) is 25.7 Å². The summed E-state index contributed by atoms with van der Waals surface area (Å²) in [7, 11) is 0. The minimum Gasteiger partial charge on any atom is -0.481 e. The monoisotopic (exact) mass is 184 g/mol. The van der Waals surface area contributed by atoms with Crippen molar-refractivity contribution in [1.29, 1.82) is 0 Å². The Balaban J connectivity index is 1.79. The molecule has 0 aromatic carbocycles. The molecule has 13 heavy (non-hydrogen) atoms. The molecule has 0 radical (unpaired) electrons. The van der Waals surface area contributed by atoms with E-state index in [1.807, 2.05) is 0 Å². The lowest BCUT2D eigenvalue weighted by Crippen LogP contribution is -2.41. The molecule has 2 rings (SSSR count). The maximum atomic E-state index is 10.4. The molecule has 1 saturated carbocycles. The van der Waals surface area contributed by atoms with Gasteiger partial charge in [-0.15, -0.1) is 0 Å². The molecule has 0 aromatic rings. The van der Waals surface area contributed by atoms with Crippen molar-refractivity contribution in [3.05, 3.63) is 0 Å². The predicted molar refractivity (Wildman–Crippen MR) is 47.5 cm³/mol. The van der Waals surface area contributed by atoms with Gasteiger partial charge in [0.05, 0.1) is 19.1 Å². The van der Waals surface area contributed by atoms with Gasteiger partial charge in [-0.25, -0.2) is 0 Å². The molecule has 0 amide bonds. The molecule has 1 aliphatic heterocycles. The van der Waals surface area contributed by atoms with E-state index in [0.29, 0.717) is 5.41 Å². The summed E-state index contributed by atoms with van der Waals surface area (Å²) in [5, 5.41) is 8.59. The minimum absolute atomic E-state index is 0.0243. The van der Waals surface area contributed by atoms with Gasteiger partial charge in [-0.2, -0.15) is 0 Å². The van der Waals surface area contributed by atoms with Crippen molar-refractivity contribution in [2.45, 2.75) is 44.6 Å². The average Bonchev–Trinajstić information content (AvgIpc) is 2.02. The van der Waals surface area contributed by atoms with E-state index in [2.05, 4.69) is 0 Å². The molecular weight excluding hydrogens is 168 g/mol. The SMILES string of the molecule is O=C(O)C[C@H]1CCC2(CCC2)CO1. The van der Waals surface area contributed by atoms with E-state index >= 15 is 0 Å². The molecule has 1 heterocycles. The summed E-state index contributed by atoms with van der Waals surface area (Å²) in [6.45, 7) is 0.797. The number of aliphatic carboxylic acids is 1. The zero-order chi connectivity index (χ0) is 9.31. The van der Waals surface area contributed by atoms with Gasteiger partial charge in [0, 0.05) is 0 Å². The Morgan fingerprint density at radius 2 is 2.23 bits per heavy atom. The second-order valence-electron chi connectivity index (χ2n) is 4.42. The highest BCUT2D eigenvalue weighted by molar-refractivity contribution is 5.67. The summed E-state index contributed by atoms with van der Waals surface area (Å²) in [5.41, 5.74) is 0.453. The van der Waals surface area contributed by atoms with Crippen LogP contribution in [0.15, 0.2) is 0 Å². The van der Waals surface area contributed by atoms with Crippen LogP contribution in [0.25, 0.3) is 0 Å². The van der Waals surface area contributed by atoms with Crippen LogP contribution in [-0.4, -0.2) is 23.8 Å². The van der Waals surface area contributed by atoms with Crippen molar-refractivity contribution < 1.29 is 14.6 Å². The molecular formula is C10H16O3. The van der Waals surface area contributed by atoms with Crippen molar-refractivity contribution in [2.75, 3.05) is 6.61 Å². The zero-order valence-electron chi connectivity index (χ0n) is 7.79. The fraction of sp³-hybridized carbons (Fsp3) is 0.900. The van der Waals surface area contributed by atoms with E-state index in [-0.39, 0.29) is 12.5 Å². The van der Waals surface area contributed by atoms with E-state index < -0.39 is 5.97 Å². The van der Waals surface area contributed by atoms with E-state index in [4.69, 9.17) is 9.84 Å². The molecule has 1 N–H and O–H groups in total. The van der Waals surface area contributed by atoms with Gasteiger partial charge in [-0.1, -0.05) is 6.42 Å². The van der Waals surface area contributed by atoms with Gasteiger partial charge < -0.3 is 9.84 Å². The molecule has 0 unspecified atom stereocenters. The third kappa shape index (κ3) is 1.85. The summed E-state index contributed by atoms with van der Waals surface area (Å²) in [6.07, 6.45) is 6.16. The predicted octanol–water partition coefficient (Wildman–Crippen LogP) is 1.81. The Morgan fingerprint density at radius 3 is 2.62 bits per heavy atom. The standard InChI is InChI=1S/C10H16O3/c11-9(12)6-8-2-5-10(7-13-8)3-1-4-10/h8H,1-7H2,(H,11,12)/t8-/m1/s1. The number of hydrogen-bond acceptors (Lipinski definition) is 2. The number of carbonyl (C=O) groups is 1. The molecule has 1 aliphatic carbocycles. The lowest BCUT2D eigenvalue weighted by atomic mass is 9.65. The summed E-state index contributed by atoms with van der Waals surface area (Å²) in [6, 6.07) is 0. The van der Waals surface area contributed by atoms with E-state index in [9.17, 15) is 4.79 Å². The van der Waals surface area contributed by atoms with Crippen LogP contribution in [0.2, 0.25) is 0 Å². The molecule has 3 heteroatoms. The first kappa shape index (κ1) is 9.00. The zero-order valence-corrected chi connectivity index (χ0v) is 7.79. The molecule has 0 aromatic heterocycles. The highest BCUT2D eigenvalue weighted by Gasteiger charge is 2.41. The largest absolute Gasteiger partial charge is 0.481 e. The van der Waals surface area contributed by atoms with Gasteiger partial charge in [0.2, 0.25) is 0 Å². The molecule has 74 valence electrons. The summed E-state index contributed by atoms with van der Waals surface area (Å²) in [5.74, 6) is -0.741. The van der Waals surface area contributed by atoms with E-state index in [1.54, 1.807) is 0 Å². The lowest BCUT2D eigenvalue weighted by molar-refractivity contribution is -0.146. The summed E-state index contributed by atoms with van der Waals surface area (Å²) >= 11 is 0. The molecule has 2 aliphatic rings. The van der Waals surface area contributed by atoms with Crippen molar-refractivity contribution in [3.63, 3.8) is 0 Å². The highest BCUT2D eigenvalue weighted by atomic mass is 16.5. The Morgan fingerprint density at radius 1 is 1.46 bits per heavy atom. The van der Waals surface area contributed by atoms with Crippen LogP contribution in [-0.2, 0) is 9.53 Å². The smallest absolute Gasteiger partial charge is 0.305 e. The number of ether oxygens (including phenoxy) is 1. The Labute approximate surface area is 78.1 Å². The number of hydrogen-bond donors (Lipinski definition) is 1. The van der Waals surface area contributed by atoms with Gasteiger partial charge in [-0.05, 0) is 31.1 Å². The van der Waals surface area contributed by atoms with Crippen LogP contribution >= 0.6 is 0 Å². The second-order valence-corrected chi connectivity index (χ2v) is 4.42. The molecule has 1 saturated heterocycles. The van der Waals surface area contributed by atoms with Crippen molar-refractivity contribution in [3.8, 4) is 0 Å². The molecule has 1 atom stereocenters. The van der Waals surface area contributed by atoms with E-state index in [0.717, 1.165) is 13.0 Å². The number of carboxylic acid groups (broad SMARTS) is 1. The third-order valence-corrected chi connectivity index (χ3v) is 3.44. The number of carboxylic acids is 1. The van der Waals surface area contributed by atoms with Crippen LogP contribution in [0.4, 0.5) is 0 Å². The lowest BCUT2D eigenvalue weighted by Gasteiger charge is -2.46. The fourth-order valence-corrected chi connectivity index (χ4v) is 2.34. The first-order valence-corrected chi connectivity index (χ1v) is 5.04. The molecule has 3 nitrogen and oxygen atoms in total. The molecule has 0 bridgehead atoms. The van der Waals surface area contributed by atoms with Gasteiger partial charge >= 0.3 is 5.97 Å².